The Morgan fingerprint density at radius 3 is 1.61 bits per heavy atom. The summed E-state index contributed by atoms with van der Waals surface area (Å²) in [5.74, 6) is 1.58. The highest BCUT2D eigenvalue weighted by atomic mass is 16.9. The van der Waals surface area contributed by atoms with Gasteiger partial charge in [0.2, 0.25) is 0 Å². The summed E-state index contributed by atoms with van der Waals surface area (Å²) in [6, 6.07) is 28.2. The molecule has 2 heterocycles. The zero-order valence-electron chi connectivity index (χ0n) is 19.9. The van der Waals surface area contributed by atoms with E-state index in [-0.39, 0.29) is 20.0 Å². The van der Waals surface area contributed by atoms with Gasteiger partial charge in [0.05, 0.1) is 0 Å². The van der Waals surface area contributed by atoms with Crippen molar-refractivity contribution in [3.8, 4) is 11.5 Å². The van der Waals surface area contributed by atoms with E-state index in [4.69, 9.17) is 33.2 Å². The number of benzene rings is 4. The molecule has 4 aromatic carbocycles. The van der Waals surface area contributed by atoms with Gasteiger partial charge in [-0.05, 0) is 22.9 Å². The third-order valence-corrected chi connectivity index (χ3v) is 6.66. The zero-order chi connectivity index (χ0) is 24.3. The maximum Gasteiger partial charge on any atom is 0.272 e. The molecule has 186 valence electrons. The minimum Gasteiger partial charge on any atom is -0.490 e. The molecule has 2 aliphatic rings. The van der Waals surface area contributed by atoms with Crippen molar-refractivity contribution in [3.05, 3.63) is 84.9 Å². The Balaban J connectivity index is 1.18. The Labute approximate surface area is 209 Å². The van der Waals surface area contributed by atoms with Crippen molar-refractivity contribution >= 4 is 21.5 Å². The SMILES string of the molecule is COC1O[C@@H]2[C@@H](O1)[C@H](COc1cccc3ccccc13)OCO[C@H]2COc1cccc2ccccc12. The molecule has 0 aromatic heterocycles. The van der Waals surface area contributed by atoms with Crippen molar-refractivity contribution in [3.63, 3.8) is 0 Å². The lowest BCUT2D eigenvalue weighted by molar-refractivity contribution is -0.252. The van der Waals surface area contributed by atoms with Crippen LogP contribution in [0.4, 0.5) is 0 Å². The smallest absolute Gasteiger partial charge is 0.272 e. The molecule has 36 heavy (non-hydrogen) atoms. The van der Waals surface area contributed by atoms with Crippen LogP contribution < -0.4 is 9.47 Å². The normalized spacial score (nSPS) is 24.5. The van der Waals surface area contributed by atoms with E-state index in [1.807, 2.05) is 60.7 Å². The maximum atomic E-state index is 6.22. The van der Waals surface area contributed by atoms with Gasteiger partial charge < -0.3 is 33.2 Å². The van der Waals surface area contributed by atoms with Crippen LogP contribution in [0, 0.1) is 0 Å². The summed E-state index contributed by atoms with van der Waals surface area (Å²) in [4.78, 5) is 0. The Kier molecular flexibility index (Phi) is 6.72. The molecule has 0 amide bonds. The molecule has 2 aliphatic heterocycles. The largest absolute Gasteiger partial charge is 0.490 e. The Bertz CT molecular complexity index is 1220. The van der Waals surface area contributed by atoms with Gasteiger partial charge >= 0.3 is 0 Å². The van der Waals surface area contributed by atoms with Gasteiger partial charge in [-0.25, -0.2) is 0 Å². The van der Waals surface area contributed by atoms with Crippen molar-refractivity contribution in [1.82, 2.24) is 0 Å². The second kappa shape index (κ2) is 10.4. The van der Waals surface area contributed by atoms with Crippen LogP contribution in [0.25, 0.3) is 21.5 Å². The van der Waals surface area contributed by atoms with Gasteiger partial charge in [-0.3, -0.25) is 0 Å². The van der Waals surface area contributed by atoms with E-state index in [1.54, 1.807) is 7.11 Å². The van der Waals surface area contributed by atoms with Gasteiger partial charge in [0, 0.05) is 17.9 Å². The van der Waals surface area contributed by atoms with Crippen molar-refractivity contribution in [2.45, 2.75) is 30.9 Å². The van der Waals surface area contributed by atoms with E-state index in [0.717, 1.165) is 33.0 Å². The van der Waals surface area contributed by atoms with Crippen LogP contribution in [-0.4, -0.2) is 58.0 Å². The van der Waals surface area contributed by atoms with E-state index in [0.29, 0.717) is 0 Å². The number of ether oxygens (including phenoxy) is 7. The van der Waals surface area contributed by atoms with Crippen molar-refractivity contribution in [1.29, 1.82) is 0 Å². The molecule has 0 saturated carbocycles. The summed E-state index contributed by atoms with van der Waals surface area (Å²) in [5.41, 5.74) is 0. The third-order valence-electron chi connectivity index (χ3n) is 6.66. The number of fused-ring (bicyclic) bond motifs is 3. The Morgan fingerprint density at radius 1 is 0.639 bits per heavy atom. The second-order valence-electron chi connectivity index (χ2n) is 8.83. The van der Waals surface area contributed by atoms with Gasteiger partial charge in [0.15, 0.2) is 0 Å². The van der Waals surface area contributed by atoms with Crippen molar-refractivity contribution < 1.29 is 33.2 Å². The lowest BCUT2D eigenvalue weighted by Crippen LogP contribution is -2.45. The molecule has 4 aromatic rings. The van der Waals surface area contributed by atoms with Crippen LogP contribution in [-0.2, 0) is 23.7 Å². The summed E-state index contributed by atoms with van der Waals surface area (Å²) >= 11 is 0. The molecule has 0 spiro atoms. The average molecular weight is 489 g/mol. The van der Waals surface area contributed by atoms with Crippen LogP contribution in [0.5, 0.6) is 11.5 Å². The molecule has 0 bridgehead atoms. The maximum absolute atomic E-state index is 6.22. The number of rotatable bonds is 7. The highest BCUT2D eigenvalue weighted by molar-refractivity contribution is 5.88. The molecule has 0 aliphatic carbocycles. The number of hydrogen-bond donors (Lipinski definition) is 0. The fourth-order valence-electron chi connectivity index (χ4n) is 4.83. The van der Waals surface area contributed by atoms with Gasteiger partial charge in [-0.2, -0.15) is 0 Å². The standard InChI is InChI=1S/C29H28O7/c1-30-29-35-27-25(16-31-23-14-6-10-19-8-2-4-12-21(19)23)33-18-34-26(28(27)36-29)17-32-24-15-7-11-20-9-3-5-13-22(20)24/h2-15,25-29H,16-18H2,1H3/t25-,26-,27-,28-/m0/s1. The number of hydrogen-bond acceptors (Lipinski definition) is 7. The Hall–Kier alpha value is -3.20. The number of methoxy groups -OCH3 is 1. The summed E-state index contributed by atoms with van der Waals surface area (Å²) in [6.07, 6.45) is -1.74. The lowest BCUT2D eigenvalue weighted by atomic mass is 10.0. The van der Waals surface area contributed by atoms with Gasteiger partial charge in [0.1, 0.15) is 55.9 Å². The molecule has 0 unspecified atom stereocenters. The molecule has 2 saturated heterocycles. The fourth-order valence-corrected chi connectivity index (χ4v) is 4.83. The monoisotopic (exact) mass is 488 g/mol. The average Bonchev–Trinajstić information content (AvgIpc) is 3.29. The van der Waals surface area contributed by atoms with Crippen LogP contribution in [0.1, 0.15) is 0 Å². The topological polar surface area (TPSA) is 64.6 Å². The van der Waals surface area contributed by atoms with Crippen LogP contribution in [0.3, 0.4) is 0 Å². The molecular weight excluding hydrogens is 460 g/mol. The molecule has 4 atom stereocenters. The van der Waals surface area contributed by atoms with Crippen LogP contribution >= 0.6 is 0 Å². The highest BCUT2D eigenvalue weighted by Gasteiger charge is 2.49. The molecule has 7 nitrogen and oxygen atoms in total. The fraction of sp³-hybridized carbons (Fsp3) is 0.310. The molecule has 0 radical (unpaired) electrons. The first-order chi connectivity index (χ1) is 17.8. The predicted molar refractivity (Wildman–Crippen MR) is 134 cm³/mol. The Morgan fingerprint density at radius 2 is 1.11 bits per heavy atom. The molecule has 6 rings (SSSR count). The van der Waals surface area contributed by atoms with E-state index < -0.39 is 30.9 Å². The minimum absolute atomic E-state index is 0.0739. The third kappa shape index (κ3) is 4.64. The second-order valence-corrected chi connectivity index (χ2v) is 8.83. The molecule has 7 heteroatoms. The quantitative estimate of drug-likeness (QED) is 0.366. The summed E-state index contributed by atoms with van der Waals surface area (Å²) in [5, 5.41) is 4.31. The summed E-state index contributed by atoms with van der Waals surface area (Å²) in [6.45, 7) is -0.194. The zero-order valence-corrected chi connectivity index (χ0v) is 19.9. The molecule has 2 fully saturated rings. The van der Waals surface area contributed by atoms with E-state index in [1.165, 1.54) is 0 Å². The molecular formula is C29H28O7. The van der Waals surface area contributed by atoms with Gasteiger partial charge in [0.25, 0.3) is 6.48 Å². The van der Waals surface area contributed by atoms with Gasteiger partial charge in [-0.15, -0.1) is 0 Å². The van der Waals surface area contributed by atoms with Crippen LogP contribution in [0.15, 0.2) is 84.9 Å². The van der Waals surface area contributed by atoms with E-state index in [9.17, 15) is 0 Å². The first-order valence-electron chi connectivity index (χ1n) is 12.1. The first kappa shape index (κ1) is 23.2. The van der Waals surface area contributed by atoms with E-state index in [2.05, 4.69) is 24.3 Å². The van der Waals surface area contributed by atoms with Crippen molar-refractivity contribution in [2.75, 3.05) is 27.1 Å². The summed E-state index contributed by atoms with van der Waals surface area (Å²) in [7, 11) is 1.54. The van der Waals surface area contributed by atoms with Gasteiger partial charge in [-0.1, -0.05) is 72.8 Å². The highest BCUT2D eigenvalue weighted by Crippen LogP contribution is 2.33. The molecule has 0 N–H and O–H groups in total. The minimum atomic E-state index is -0.814. The lowest BCUT2D eigenvalue weighted by Gasteiger charge is -2.25. The predicted octanol–water partition coefficient (Wildman–Crippen LogP) is 4.91. The first-order valence-corrected chi connectivity index (χ1v) is 12.1. The van der Waals surface area contributed by atoms with Crippen LogP contribution in [0.2, 0.25) is 0 Å². The summed E-state index contributed by atoms with van der Waals surface area (Å²) < 4.78 is 41.9. The van der Waals surface area contributed by atoms with E-state index >= 15 is 0 Å². The van der Waals surface area contributed by atoms with Crippen molar-refractivity contribution in [2.24, 2.45) is 0 Å².